The summed E-state index contributed by atoms with van der Waals surface area (Å²) in [7, 11) is 0. The maximum atomic E-state index is 12.6. The fourth-order valence-corrected chi connectivity index (χ4v) is 3.54. The molecule has 0 unspecified atom stereocenters. The van der Waals surface area contributed by atoms with Gasteiger partial charge in [-0.15, -0.1) is 0 Å². The molecular formula is C19H22O2S. The number of benzene rings is 2. The SMILES string of the molecule is CC(C)[C@](O)(c1ccccc1)[C@H](C)C(=O)Sc1ccccc1. The van der Waals surface area contributed by atoms with Crippen molar-refractivity contribution in [1.82, 2.24) is 0 Å². The Morgan fingerprint density at radius 2 is 1.45 bits per heavy atom. The number of carbonyl (C=O) groups excluding carboxylic acids is 1. The molecule has 0 heterocycles. The third-order valence-electron chi connectivity index (χ3n) is 4.09. The number of rotatable bonds is 5. The average molecular weight is 314 g/mol. The first kappa shape index (κ1) is 16.8. The number of thioether (sulfide) groups is 1. The molecule has 0 radical (unpaired) electrons. The first-order chi connectivity index (χ1) is 10.5. The minimum absolute atomic E-state index is 0.0220. The fraction of sp³-hybridized carbons (Fsp3) is 0.316. The van der Waals surface area contributed by atoms with E-state index in [0.29, 0.717) is 0 Å². The molecule has 0 aliphatic heterocycles. The molecule has 22 heavy (non-hydrogen) atoms. The van der Waals surface area contributed by atoms with Gasteiger partial charge >= 0.3 is 0 Å². The van der Waals surface area contributed by atoms with Gasteiger partial charge in [0.15, 0.2) is 5.12 Å². The lowest BCUT2D eigenvalue weighted by molar-refractivity contribution is -0.128. The third-order valence-corrected chi connectivity index (χ3v) is 5.15. The maximum absolute atomic E-state index is 12.6. The van der Waals surface area contributed by atoms with Gasteiger partial charge in [0.25, 0.3) is 0 Å². The van der Waals surface area contributed by atoms with Gasteiger partial charge in [0.1, 0.15) is 5.60 Å². The number of hydrogen-bond acceptors (Lipinski definition) is 3. The van der Waals surface area contributed by atoms with Gasteiger partial charge in [0.2, 0.25) is 0 Å². The van der Waals surface area contributed by atoms with Crippen LogP contribution in [0.15, 0.2) is 65.6 Å². The summed E-state index contributed by atoms with van der Waals surface area (Å²) in [5, 5.41) is 11.2. The Bertz CT molecular complexity index is 610. The van der Waals surface area contributed by atoms with Crippen LogP contribution in [0.5, 0.6) is 0 Å². The van der Waals surface area contributed by atoms with Crippen LogP contribution in [0, 0.1) is 11.8 Å². The molecule has 2 aromatic rings. The summed E-state index contributed by atoms with van der Waals surface area (Å²) >= 11 is 1.19. The van der Waals surface area contributed by atoms with Crippen LogP contribution in [0.4, 0.5) is 0 Å². The fourth-order valence-electron chi connectivity index (χ4n) is 2.66. The molecule has 0 saturated carbocycles. The van der Waals surface area contributed by atoms with Crippen LogP contribution in [-0.4, -0.2) is 10.2 Å². The summed E-state index contributed by atoms with van der Waals surface area (Å²) in [4.78, 5) is 13.5. The van der Waals surface area contributed by atoms with Gasteiger partial charge < -0.3 is 5.11 Å². The first-order valence-corrected chi connectivity index (χ1v) is 8.32. The molecule has 3 heteroatoms. The molecule has 0 bridgehead atoms. The van der Waals surface area contributed by atoms with Gasteiger partial charge in [-0.05, 0) is 23.6 Å². The van der Waals surface area contributed by atoms with Crippen molar-refractivity contribution in [3.63, 3.8) is 0 Å². The van der Waals surface area contributed by atoms with Gasteiger partial charge in [0.05, 0.1) is 5.92 Å². The molecule has 0 amide bonds. The smallest absolute Gasteiger partial charge is 0.199 e. The van der Waals surface area contributed by atoms with E-state index in [0.717, 1.165) is 10.5 Å². The van der Waals surface area contributed by atoms with E-state index in [9.17, 15) is 9.90 Å². The molecule has 2 aromatic carbocycles. The molecule has 0 aliphatic rings. The van der Waals surface area contributed by atoms with Crippen molar-refractivity contribution in [2.24, 2.45) is 11.8 Å². The topological polar surface area (TPSA) is 37.3 Å². The van der Waals surface area contributed by atoms with Gasteiger partial charge in [-0.25, -0.2) is 0 Å². The van der Waals surface area contributed by atoms with Gasteiger partial charge in [-0.2, -0.15) is 0 Å². The van der Waals surface area contributed by atoms with Crippen LogP contribution in [-0.2, 0) is 10.4 Å². The predicted molar refractivity (Wildman–Crippen MR) is 91.6 cm³/mol. The van der Waals surface area contributed by atoms with Gasteiger partial charge in [0, 0.05) is 4.90 Å². The predicted octanol–water partition coefficient (Wildman–Crippen LogP) is 4.49. The molecule has 2 rings (SSSR count). The zero-order valence-corrected chi connectivity index (χ0v) is 14.0. The largest absolute Gasteiger partial charge is 0.384 e. The summed E-state index contributed by atoms with van der Waals surface area (Å²) in [6.07, 6.45) is 0. The highest BCUT2D eigenvalue weighted by molar-refractivity contribution is 8.13. The van der Waals surface area contributed by atoms with Crippen LogP contribution in [0.3, 0.4) is 0 Å². The van der Waals surface area contributed by atoms with Crippen LogP contribution in [0.2, 0.25) is 0 Å². The minimum Gasteiger partial charge on any atom is -0.384 e. The second kappa shape index (κ2) is 7.12. The van der Waals surface area contributed by atoms with Crippen LogP contribution >= 0.6 is 11.8 Å². The molecule has 0 aliphatic carbocycles. The Balaban J connectivity index is 2.27. The average Bonchev–Trinajstić information content (AvgIpc) is 2.54. The van der Waals surface area contributed by atoms with Gasteiger partial charge in [-0.3, -0.25) is 4.79 Å². The highest BCUT2D eigenvalue weighted by Crippen LogP contribution is 2.40. The van der Waals surface area contributed by atoms with Crippen molar-refractivity contribution in [2.75, 3.05) is 0 Å². The molecule has 0 saturated heterocycles. The van der Waals surface area contributed by atoms with E-state index in [1.54, 1.807) is 0 Å². The van der Waals surface area contributed by atoms with Crippen LogP contribution in [0.25, 0.3) is 0 Å². The standard InChI is InChI=1S/C19H22O2S/c1-14(2)19(21,16-10-6-4-7-11-16)15(3)18(20)22-17-12-8-5-9-13-17/h4-15,21H,1-3H3/t15-,19-/m1/s1. The highest BCUT2D eigenvalue weighted by Gasteiger charge is 2.42. The zero-order chi connectivity index (χ0) is 16.2. The van der Waals surface area contributed by atoms with Crippen molar-refractivity contribution in [1.29, 1.82) is 0 Å². The van der Waals surface area contributed by atoms with E-state index in [1.165, 1.54) is 11.8 Å². The van der Waals surface area contributed by atoms with Crippen LogP contribution < -0.4 is 0 Å². The summed E-state index contributed by atoms with van der Waals surface area (Å²) in [6.45, 7) is 5.71. The molecule has 116 valence electrons. The Kier molecular flexibility index (Phi) is 5.43. The molecule has 1 N–H and O–H groups in total. The number of aliphatic hydroxyl groups is 1. The molecule has 0 fully saturated rings. The lowest BCUT2D eigenvalue weighted by atomic mass is 9.75. The summed E-state index contributed by atoms with van der Waals surface area (Å²) in [5.74, 6) is -0.565. The summed E-state index contributed by atoms with van der Waals surface area (Å²) in [6, 6.07) is 19.0. The molecule has 2 atom stereocenters. The van der Waals surface area contributed by atoms with E-state index < -0.39 is 11.5 Å². The lowest BCUT2D eigenvalue weighted by Gasteiger charge is -2.37. The Morgan fingerprint density at radius 3 is 1.95 bits per heavy atom. The van der Waals surface area contributed by atoms with E-state index >= 15 is 0 Å². The van der Waals surface area contributed by atoms with Crippen LogP contribution in [0.1, 0.15) is 26.3 Å². The van der Waals surface area contributed by atoms with Crippen molar-refractivity contribution in [3.8, 4) is 0 Å². The second-order valence-corrected chi connectivity index (χ2v) is 6.88. The second-order valence-electron chi connectivity index (χ2n) is 5.80. The van der Waals surface area contributed by atoms with E-state index in [1.807, 2.05) is 81.4 Å². The molecule has 2 nitrogen and oxygen atoms in total. The molecule has 0 spiro atoms. The third kappa shape index (κ3) is 3.42. The molecule has 0 aromatic heterocycles. The molecular weight excluding hydrogens is 292 g/mol. The monoisotopic (exact) mass is 314 g/mol. The zero-order valence-electron chi connectivity index (χ0n) is 13.2. The van der Waals surface area contributed by atoms with Crippen molar-refractivity contribution in [2.45, 2.75) is 31.3 Å². The maximum Gasteiger partial charge on any atom is 0.199 e. The minimum atomic E-state index is -1.17. The Hall–Kier alpha value is -1.58. The lowest BCUT2D eigenvalue weighted by Crippen LogP contribution is -2.42. The van der Waals surface area contributed by atoms with Crippen molar-refractivity contribution >= 4 is 16.9 Å². The number of hydrogen-bond donors (Lipinski definition) is 1. The Labute approximate surface area is 136 Å². The van der Waals surface area contributed by atoms with E-state index in [4.69, 9.17) is 0 Å². The van der Waals surface area contributed by atoms with Gasteiger partial charge in [-0.1, -0.05) is 81.1 Å². The van der Waals surface area contributed by atoms with Crippen molar-refractivity contribution in [3.05, 3.63) is 66.2 Å². The normalized spacial score (nSPS) is 15.3. The summed E-state index contributed by atoms with van der Waals surface area (Å²) in [5.41, 5.74) is -0.375. The number of carbonyl (C=O) groups is 1. The Morgan fingerprint density at radius 1 is 0.955 bits per heavy atom. The summed E-state index contributed by atoms with van der Waals surface area (Å²) < 4.78 is 0. The van der Waals surface area contributed by atoms with E-state index in [-0.39, 0.29) is 11.0 Å². The first-order valence-electron chi connectivity index (χ1n) is 7.51. The highest BCUT2D eigenvalue weighted by atomic mass is 32.2. The quantitative estimate of drug-likeness (QED) is 0.827. The van der Waals surface area contributed by atoms with E-state index in [2.05, 4.69) is 0 Å². The van der Waals surface area contributed by atoms with Crippen molar-refractivity contribution < 1.29 is 9.90 Å².